The first-order chi connectivity index (χ1) is 9.11. The summed E-state index contributed by atoms with van der Waals surface area (Å²) in [6, 6.07) is -0.450. The maximum Gasteiger partial charge on any atom is 0.243 e. The molecule has 2 unspecified atom stereocenters. The predicted octanol–water partition coefficient (Wildman–Crippen LogP) is 2.72. The monoisotopic (exact) mass is 281 g/mol. The number of hydrogen-bond acceptors (Lipinski definition) is 4. The SMILES string of the molecule is CCC(C)C(N)C(=O)Nc1nc2c(s1)CCCCC2. The van der Waals surface area contributed by atoms with Gasteiger partial charge in [-0.15, -0.1) is 11.3 Å². The number of amides is 1. The van der Waals surface area contributed by atoms with Crippen molar-refractivity contribution in [2.75, 3.05) is 5.32 Å². The fraction of sp³-hybridized carbons (Fsp3) is 0.714. The third-order valence-electron chi connectivity index (χ3n) is 3.89. The molecule has 0 spiro atoms. The van der Waals surface area contributed by atoms with Crippen molar-refractivity contribution in [3.05, 3.63) is 10.6 Å². The van der Waals surface area contributed by atoms with Crippen molar-refractivity contribution in [1.82, 2.24) is 4.98 Å². The van der Waals surface area contributed by atoms with Crippen molar-refractivity contribution < 1.29 is 4.79 Å². The quantitative estimate of drug-likeness (QED) is 0.834. The topological polar surface area (TPSA) is 68.0 Å². The minimum Gasteiger partial charge on any atom is -0.320 e. The molecule has 2 atom stereocenters. The summed E-state index contributed by atoms with van der Waals surface area (Å²) in [4.78, 5) is 17.9. The molecule has 106 valence electrons. The number of nitrogens with two attached hydrogens (primary N) is 1. The molecule has 2 rings (SSSR count). The van der Waals surface area contributed by atoms with Gasteiger partial charge >= 0.3 is 0 Å². The van der Waals surface area contributed by atoms with Crippen LogP contribution in [-0.2, 0) is 17.6 Å². The molecule has 0 aliphatic heterocycles. The first-order valence-electron chi connectivity index (χ1n) is 7.16. The van der Waals surface area contributed by atoms with Gasteiger partial charge in [-0.3, -0.25) is 4.79 Å². The molecular formula is C14H23N3OS. The van der Waals surface area contributed by atoms with E-state index >= 15 is 0 Å². The maximum absolute atomic E-state index is 12.0. The second kappa shape index (κ2) is 6.48. The zero-order valence-corrected chi connectivity index (χ0v) is 12.6. The lowest BCUT2D eigenvalue weighted by Gasteiger charge is -2.16. The zero-order chi connectivity index (χ0) is 13.8. The number of aryl methyl sites for hydroxylation is 2. The van der Waals surface area contributed by atoms with Crippen molar-refractivity contribution in [3.8, 4) is 0 Å². The summed E-state index contributed by atoms with van der Waals surface area (Å²) in [5.41, 5.74) is 7.11. The van der Waals surface area contributed by atoms with Gasteiger partial charge in [0.2, 0.25) is 5.91 Å². The number of rotatable bonds is 4. The van der Waals surface area contributed by atoms with E-state index in [0.717, 1.165) is 24.4 Å². The minimum absolute atomic E-state index is 0.113. The Hall–Kier alpha value is -0.940. The number of carbonyl (C=O) groups is 1. The first-order valence-corrected chi connectivity index (χ1v) is 7.98. The number of thiazole rings is 1. The molecule has 0 saturated carbocycles. The fourth-order valence-corrected chi connectivity index (χ4v) is 3.34. The summed E-state index contributed by atoms with van der Waals surface area (Å²) in [7, 11) is 0. The van der Waals surface area contributed by atoms with Gasteiger partial charge in [0.05, 0.1) is 11.7 Å². The highest BCUT2D eigenvalue weighted by Crippen LogP contribution is 2.29. The van der Waals surface area contributed by atoms with E-state index in [1.54, 1.807) is 11.3 Å². The van der Waals surface area contributed by atoms with Crippen LogP contribution in [0.25, 0.3) is 0 Å². The van der Waals surface area contributed by atoms with Crippen molar-refractivity contribution in [3.63, 3.8) is 0 Å². The molecule has 1 heterocycles. The highest BCUT2D eigenvalue weighted by Gasteiger charge is 2.21. The molecule has 0 fully saturated rings. The molecule has 1 aromatic rings. The van der Waals surface area contributed by atoms with Crippen LogP contribution < -0.4 is 11.1 Å². The van der Waals surface area contributed by atoms with E-state index in [-0.39, 0.29) is 11.8 Å². The van der Waals surface area contributed by atoms with Crippen molar-refractivity contribution in [1.29, 1.82) is 0 Å². The molecule has 1 amide bonds. The van der Waals surface area contributed by atoms with Gasteiger partial charge in [-0.25, -0.2) is 4.98 Å². The van der Waals surface area contributed by atoms with E-state index in [2.05, 4.69) is 10.3 Å². The number of anilines is 1. The summed E-state index contributed by atoms with van der Waals surface area (Å²) in [6.45, 7) is 4.05. The molecular weight excluding hydrogens is 258 g/mol. The lowest BCUT2D eigenvalue weighted by Crippen LogP contribution is -2.40. The van der Waals surface area contributed by atoms with E-state index in [4.69, 9.17) is 5.73 Å². The largest absolute Gasteiger partial charge is 0.320 e. The molecule has 1 aliphatic rings. The fourth-order valence-electron chi connectivity index (χ4n) is 2.28. The lowest BCUT2D eigenvalue weighted by molar-refractivity contribution is -0.118. The average Bonchev–Trinajstić information content (AvgIpc) is 2.65. The molecule has 1 aromatic heterocycles. The molecule has 0 aromatic carbocycles. The van der Waals surface area contributed by atoms with Gasteiger partial charge in [-0.1, -0.05) is 26.7 Å². The van der Waals surface area contributed by atoms with Crippen LogP contribution in [0.5, 0.6) is 0 Å². The summed E-state index contributed by atoms with van der Waals surface area (Å²) < 4.78 is 0. The summed E-state index contributed by atoms with van der Waals surface area (Å²) >= 11 is 1.62. The minimum atomic E-state index is -0.450. The first kappa shape index (κ1) is 14.5. The third-order valence-corrected chi connectivity index (χ3v) is 4.96. The van der Waals surface area contributed by atoms with E-state index in [1.165, 1.54) is 29.8 Å². The van der Waals surface area contributed by atoms with Gasteiger partial charge < -0.3 is 11.1 Å². The van der Waals surface area contributed by atoms with Crippen molar-refractivity contribution in [2.45, 2.75) is 58.4 Å². The molecule has 0 saturated heterocycles. The van der Waals surface area contributed by atoms with Crippen LogP contribution in [0, 0.1) is 5.92 Å². The highest BCUT2D eigenvalue weighted by molar-refractivity contribution is 7.15. The third kappa shape index (κ3) is 3.54. The van der Waals surface area contributed by atoms with E-state index in [0.29, 0.717) is 0 Å². The second-order valence-electron chi connectivity index (χ2n) is 5.35. The van der Waals surface area contributed by atoms with Crippen molar-refractivity contribution >= 4 is 22.4 Å². The van der Waals surface area contributed by atoms with Crippen LogP contribution in [0.2, 0.25) is 0 Å². The van der Waals surface area contributed by atoms with E-state index in [1.807, 2.05) is 13.8 Å². The Morgan fingerprint density at radius 3 is 2.89 bits per heavy atom. The van der Waals surface area contributed by atoms with Crippen LogP contribution in [0.1, 0.15) is 50.1 Å². The number of aromatic nitrogens is 1. The van der Waals surface area contributed by atoms with Crippen LogP contribution >= 0.6 is 11.3 Å². The summed E-state index contributed by atoms with van der Waals surface area (Å²) in [5.74, 6) is 0.0797. The highest BCUT2D eigenvalue weighted by atomic mass is 32.1. The Kier molecular flexibility index (Phi) is 4.93. The number of carbonyl (C=O) groups excluding carboxylic acids is 1. The zero-order valence-electron chi connectivity index (χ0n) is 11.7. The maximum atomic E-state index is 12.0. The molecule has 3 N–H and O–H groups in total. The Labute approximate surface area is 118 Å². The van der Waals surface area contributed by atoms with Crippen LogP contribution in [0.15, 0.2) is 0 Å². The number of fused-ring (bicyclic) bond motifs is 1. The Morgan fingerprint density at radius 1 is 1.42 bits per heavy atom. The standard InChI is InChI=1S/C14H23N3OS/c1-3-9(2)12(15)13(18)17-14-16-10-7-5-4-6-8-11(10)19-14/h9,12H,3-8,15H2,1-2H3,(H,16,17,18). The lowest BCUT2D eigenvalue weighted by atomic mass is 10.00. The van der Waals surface area contributed by atoms with E-state index < -0.39 is 6.04 Å². The van der Waals surface area contributed by atoms with Crippen LogP contribution in [0.4, 0.5) is 5.13 Å². The van der Waals surface area contributed by atoms with Gasteiger partial charge in [0.1, 0.15) is 0 Å². The van der Waals surface area contributed by atoms with Crippen LogP contribution in [-0.4, -0.2) is 16.9 Å². The van der Waals surface area contributed by atoms with Crippen LogP contribution in [0.3, 0.4) is 0 Å². The van der Waals surface area contributed by atoms with Gasteiger partial charge in [0.15, 0.2) is 5.13 Å². The smallest absolute Gasteiger partial charge is 0.243 e. The van der Waals surface area contributed by atoms with Crippen molar-refractivity contribution in [2.24, 2.45) is 11.7 Å². The molecule has 19 heavy (non-hydrogen) atoms. The van der Waals surface area contributed by atoms with Gasteiger partial charge in [0.25, 0.3) is 0 Å². The average molecular weight is 281 g/mol. The van der Waals surface area contributed by atoms with Gasteiger partial charge in [-0.2, -0.15) is 0 Å². The second-order valence-corrected chi connectivity index (χ2v) is 6.43. The Morgan fingerprint density at radius 2 is 2.16 bits per heavy atom. The summed E-state index contributed by atoms with van der Waals surface area (Å²) in [5, 5.41) is 3.60. The number of nitrogens with one attached hydrogen (secondary N) is 1. The molecule has 1 aliphatic carbocycles. The predicted molar refractivity (Wildman–Crippen MR) is 79.4 cm³/mol. The molecule has 4 nitrogen and oxygen atoms in total. The molecule has 0 radical (unpaired) electrons. The van der Waals surface area contributed by atoms with E-state index in [9.17, 15) is 4.79 Å². The van der Waals surface area contributed by atoms with Gasteiger partial charge in [-0.05, 0) is 31.6 Å². The number of hydrogen-bond donors (Lipinski definition) is 2. The normalized spacial score (nSPS) is 18.3. The molecule has 0 bridgehead atoms. The summed E-state index contributed by atoms with van der Waals surface area (Å²) in [6.07, 6.45) is 6.76. The van der Waals surface area contributed by atoms with Gasteiger partial charge in [0, 0.05) is 4.88 Å². The number of nitrogens with zero attached hydrogens (tertiary/aromatic N) is 1. The Balaban J connectivity index is 2.01. The molecule has 5 heteroatoms. The Bertz CT molecular complexity index is 420.